The molecule has 0 atom stereocenters. The standard InChI is InChI=1S/C26H50N2O2/c1-6-7-8-9-10-11-12-13-14-15-16-17-18-19-20-21-22-28-23(29)25(2,3)27-26(4,5)24(28)30/h27H,6-22H2,1-5H3. The lowest BCUT2D eigenvalue weighted by Crippen LogP contribution is -2.72. The van der Waals surface area contributed by atoms with Crippen LogP contribution in [0.25, 0.3) is 0 Å². The van der Waals surface area contributed by atoms with Crippen molar-refractivity contribution in [3.8, 4) is 0 Å². The van der Waals surface area contributed by atoms with Crippen molar-refractivity contribution < 1.29 is 9.59 Å². The SMILES string of the molecule is CCCCCCCCCCCCCCCCCCN1C(=O)C(C)(C)NC(C)(C)C1=O. The predicted molar refractivity (Wildman–Crippen MR) is 128 cm³/mol. The summed E-state index contributed by atoms with van der Waals surface area (Å²) in [6.45, 7) is 10.3. The Morgan fingerprint density at radius 1 is 0.567 bits per heavy atom. The molecule has 4 heteroatoms. The van der Waals surface area contributed by atoms with Crippen LogP contribution in [0.3, 0.4) is 0 Å². The molecule has 0 aromatic rings. The molecule has 176 valence electrons. The summed E-state index contributed by atoms with van der Waals surface area (Å²) in [6.07, 6.45) is 21.2. The first-order valence-electron chi connectivity index (χ1n) is 12.9. The van der Waals surface area contributed by atoms with E-state index in [0.717, 1.165) is 12.8 Å². The van der Waals surface area contributed by atoms with Gasteiger partial charge >= 0.3 is 0 Å². The number of imide groups is 1. The molecule has 0 aromatic carbocycles. The summed E-state index contributed by atoms with van der Waals surface area (Å²) >= 11 is 0. The Balaban J connectivity index is 1.98. The maximum atomic E-state index is 12.6. The van der Waals surface area contributed by atoms with E-state index in [9.17, 15) is 9.59 Å². The molecule has 1 N–H and O–H groups in total. The van der Waals surface area contributed by atoms with Crippen LogP contribution < -0.4 is 5.32 Å². The molecule has 0 unspecified atom stereocenters. The summed E-state index contributed by atoms with van der Waals surface area (Å²) in [5, 5.41) is 3.18. The molecule has 0 aromatic heterocycles. The number of carbonyl (C=O) groups is 2. The lowest BCUT2D eigenvalue weighted by atomic mass is 9.89. The molecule has 1 aliphatic rings. The van der Waals surface area contributed by atoms with Crippen LogP contribution in [0.15, 0.2) is 0 Å². The van der Waals surface area contributed by atoms with E-state index in [4.69, 9.17) is 0 Å². The molecule has 1 heterocycles. The molecule has 0 spiro atoms. The second kappa shape index (κ2) is 14.2. The van der Waals surface area contributed by atoms with Gasteiger partial charge in [0.15, 0.2) is 0 Å². The highest BCUT2D eigenvalue weighted by Crippen LogP contribution is 2.24. The first kappa shape index (κ1) is 27.1. The van der Waals surface area contributed by atoms with Crippen molar-refractivity contribution >= 4 is 11.8 Å². The number of rotatable bonds is 17. The van der Waals surface area contributed by atoms with Crippen LogP contribution in [0.4, 0.5) is 0 Å². The normalized spacial score (nSPS) is 18.2. The van der Waals surface area contributed by atoms with E-state index in [0.29, 0.717) is 6.54 Å². The zero-order valence-electron chi connectivity index (χ0n) is 20.8. The second-order valence-electron chi connectivity index (χ2n) is 10.4. The molecule has 0 bridgehead atoms. The molecule has 0 saturated carbocycles. The van der Waals surface area contributed by atoms with Crippen LogP contribution in [0.2, 0.25) is 0 Å². The Labute approximate surface area is 186 Å². The van der Waals surface area contributed by atoms with E-state index < -0.39 is 11.1 Å². The van der Waals surface area contributed by atoms with Crippen molar-refractivity contribution in [1.29, 1.82) is 0 Å². The largest absolute Gasteiger partial charge is 0.290 e. The number of nitrogens with one attached hydrogen (secondary N) is 1. The summed E-state index contributed by atoms with van der Waals surface area (Å²) in [6, 6.07) is 0. The van der Waals surface area contributed by atoms with E-state index in [2.05, 4.69) is 12.2 Å². The van der Waals surface area contributed by atoms with Crippen molar-refractivity contribution in [3.63, 3.8) is 0 Å². The fourth-order valence-corrected chi connectivity index (χ4v) is 4.68. The third kappa shape index (κ3) is 9.94. The van der Waals surface area contributed by atoms with Crippen molar-refractivity contribution in [2.24, 2.45) is 0 Å². The summed E-state index contributed by atoms with van der Waals surface area (Å²) in [5.41, 5.74) is -1.35. The molecule has 0 aliphatic carbocycles. The number of amides is 2. The van der Waals surface area contributed by atoms with E-state index >= 15 is 0 Å². The van der Waals surface area contributed by atoms with E-state index in [1.807, 2.05) is 27.7 Å². The Morgan fingerprint density at radius 3 is 1.20 bits per heavy atom. The third-order valence-electron chi connectivity index (χ3n) is 6.42. The van der Waals surface area contributed by atoms with Gasteiger partial charge in [-0.25, -0.2) is 0 Å². The van der Waals surface area contributed by atoms with Gasteiger partial charge in [0.25, 0.3) is 0 Å². The smallest absolute Gasteiger partial charge is 0.248 e. The molecule has 4 nitrogen and oxygen atoms in total. The van der Waals surface area contributed by atoms with E-state index in [1.165, 1.54) is 94.8 Å². The van der Waals surface area contributed by atoms with Gasteiger partial charge < -0.3 is 0 Å². The summed E-state index contributed by atoms with van der Waals surface area (Å²) in [4.78, 5) is 26.6. The average molecular weight is 423 g/mol. The van der Waals surface area contributed by atoms with Gasteiger partial charge in [-0.05, 0) is 34.1 Å². The second-order valence-corrected chi connectivity index (χ2v) is 10.4. The van der Waals surface area contributed by atoms with Crippen molar-refractivity contribution in [2.45, 2.75) is 148 Å². The number of hydrogen-bond donors (Lipinski definition) is 1. The lowest BCUT2D eigenvalue weighted by Gasteiger charge is -2.45. The van der Waals surface area contributed by atoms with Gasteiger partial charge in [-0.3, -0.25) is 19.8 Å². The van der Waals surface area contributed by atoms with Crippen LogP contribution in [0, 0.1) is 0 Å². The zero-order valence-corrected chi connectivity index (χ0v) is 20.8. The fourth-order valence-electron chi connectivity index (χ4n) is 4.68. The monoisotopic (exact) mass is 422 g/mol. The summed E-state index contributed by atoms with van der Waals surface area (Å²) in [5.74, 6) is -0.180. The van der Waals surface area contributed by atoms with Crippen molar-refractivity contribution in [3.05, 3.63) is 0 Å². The minimum atomic E-state index is -0.674. The van der Waals surface area contributed by atoms with Gasteiger partial charge in [0.1, 0.15) is 0 Å². The van der Waals surface area contributed by atoms with Gasteiger partial charge in [0.05, 0.1) is 11.1 Å². The number of hydrogen-bond acceptors (Lipinski definition) is 3. The minimum Gasteiger partial charge on any atom is -0.290 e. The summed E-state index contributed by atoms with van der Waals surface area (Å²) in [7, 11) is 0. The van der Waals surface area contributed by atoms with Crippen LogP contribution in [-0.4, -0.2) is 34.3 Å². The van der Waals surface area contributed by atoms with Crippen LogP contribution in [-0.2, 0) is 9.59 Å². The lowest BCUT2D eigenvalue weighted by molar-refractivity contribution is -0.159. The van der Waals surface area contributed by atoms with Crippen LogP contribution in [0.5, 0.6) is 0 Å². The van der Waals surface area contributed by atoms with Gasteiger partial charge in [0, 0.05) is 6.54 Å². The van der Waals surface area contributed by atoms with Crippen LogP contribution in [0.1, 0.15) is 137 Å². The Hall–Kier alpha value is -0.900. The van der Waals surface area contributed by atoms with Crippen molar-refractivity contribution in [1.82, 2.24) is 10.2 Å². The molecule has 0 radical (unpaired) electrons. The Kier molecular flexibility index (Phi) is 12.9. The highest BCUT2D eigenvalue weighted by atomic mass is 16.2. The molecule has 2 amide bonds. The van der Waals surface area contributed by atoms with Gasteiger partial charge in [-0.15, -0.1) is 0 Å². The average Bonchev–Trinajstić information content (AvgIpc) is 2.68. The number of nitrogens with zero attached hydrogens (tertiary/aromatic N) is 1. The maximum Gasteiger partial charge on any atom is 0.248 e. The van der Waals surface area contributed by atoms with E-state index in [1.54, 1.807) is 0 Å². The Morgan fingerprint density at radius 2 is 0.867 bits per heavy atom. The van der Waals surface area contributed by atoms with E-state index in [-0.39, 0.29) is 11.8 Å². The predicted octanol–water partition coefficient (Wildman–Crippen LogP) is 6.76. The minimum absolute atomic E-state index is 0.0900. The topological polar surface area (TPSA) is 49.4 Å². The first-order valence-corrected chi connectivity index (χ1v) is 12.9. The molecular weight excluding hydrogens is 372 g/mol. The number of carbonyl (C=O) groups excluding carboxylic acids is 2. The van der Waals surface area contributed by atoms with Gasteiger partial charge in [-0.1, -0.05) is 103 Å². The summed E-state index contributed by atoms with van der Waals surface area (Å²) < 4.78 is 0. The maximum absolute atomic E-state index is 12.6. The van der Waals surface area contributed by atoms with Gasteiger partial charge in [-0.2, -0.15) is 0 Å². The molecule has 30 heavy (non-hydrogen) atoms. The molecule has 1 aliphatic heterocycles. The molecule has 1 fully saturated rings. The quantitative estimate of drug-likeness (QED) is 0.208. The number of piperazine rings is 1. The fraction of sp³-hybridized carbons (Fsp3) is 0.923. The third-order valence-corrected chi connectivity index (χ3v) is 6.42. The highest BCUT2D eigenvalue weighted by molar-refractivity contribution is 6.06. The van der Waals surface area contributed by atoms with Crippen LogP contribution >= 0.6 is 0 Å². The van der Waals surface area contributed by atoms with Crippen molar-refractivity contribution in [2.75, 3.05) is 6.54 Å². The zero-order chi connectivity index (χ0) is 22.5. The Bertz CT molecular complexity index is 473. The highest BCUT2D eigenvalue weighted by Gasteiger charge is 2.49. The number of unbranched alkanes of at least 4 members (excludes halogenated alkanes) is 15. The molecule has 1 rings (SSSR count). The molecule has 1 saturated heterocycles. The molecular formula is C26H50N2O2. The van der Waals surface area contributed by atoms with Gasteiger partial charge in [0.2, 0.25) is 11.8 Å². The first-order chi connectivity index (χ1) is 14.2.